The van der Waals surface area contributed by atoms with Gasteiger partial charge in [-0.05, 0) is 31.1 Å². The molecular formula is C10H14O. The molecule has 0 aromatic rings. The molecule has 0 amide bonds. The summed E-state index contributed by atoms with van der Waals surface area (Å²) in [5.41, 5.74) is 0. The van der Waals surface area contributed by atoms with Crippen molar-refractivity contribution in [1.82, 2.24) is 0 Å². The van der Waals surface area contributed by atoms with Crippen LogP contribution in [0.1, 0.15) is 20.3 Å². The van der Waals surface area contributed by atoms with Crippen molar-refractivity contribution in [3.8, 4) is 0 Å². The number of fused-ring (bicyclic) bond motifs is 2. The van der Waals surface area contributed by atoms with Crippen molar-refractivity contribution in [1.29, 1.82) is 0 Å². The Kier molecular flexibility index (Phi) is 1.41. The van der Waals surface area contributed by atoms with E-state index in [9.17, 15) is 4.79 Å². The summed E-state index contributed by atoms with van der Waals surface area (Å²) in [6.07, 6.45) is 5.75. The summed E-state index contributed by atoms with van der Waals surface area (Å²) < 4.78 is 0. The lowest BCUT2D eigenvalue weighted by Gasteiger charge is -2.21. The summed E-state index contributed by atoms with van der Waals surface area (Å²) in [7, 11) is 0. The van der Waals surface area contributed by atoms with Gasteiger partial charge in [-0.3, -0.25) is 4.79 Å². The Bertz CT molecular complexity index is 217. The van der Waals surface area contributed by atoms with Crippen molar-refractivity contribution in [3.63, 3.8) is 0 Å². The summed E-state index contributed by atoms with van der Waals surface area (Å²) in [5.74, 6) is 2.60. The highest BCUT2D eigenvalue weighted by molar-refractivity contribution is 5.80. The Morgan fingerprint density at radius 1 is 1.36 bits per heavy atom. The van der Waals surface area contributed by atoms with Crippen LogP contribution in [0.5, 0.6) is 0 Å². The molecule has 0 spiro atoms. The van der Waals surface area contributed by atoms with E-state index in [0.29, 0.717) is 29.5 Å². The van der Waals surface area contributed by atoms with Crippen molar-refractivity contribution < 1.29 is 4.79 Å². The fraction of sp³-hybridized carbons (Fsp3) is 0.700. The maximum absolute atomic E-state index is 11.2. The summed E-state index contributed by atoms with van der Waals surface area (Å²) in [6.45, 7) is 3.94. The Balaban J connectivity index is 2.25. The van der Waals surface area contributed by atoms with Gasteiger partial charge in [-0.25, -0.2) is 0 Å². The second-order valence-corrected chi connectivity index (χ2v) is 3.94. The number of Topliss-reactive ketones (excluding diaryl/α,β-unsaturated/α-hetero) is 1. The van der Waals surface area contributed by atoms with Crippen LogP contribution >= 0.6 is 0 Å². The van der Waals surface area contributed by atoms with Crippen LogP contribution in [0, 0.1) is 23.7 Å². The van der Waals surface area contributed by atoms with Gasteiger partial charge in [-0.2, -0.15) is 0 Å². The number of hydrogen-bond donors (Lipinski definition) is 0. The molecule has 1 saturated carbocycles. The van der Waals surface area contributed by atoms with E-state index in [1.165, 1.54) is 6.42 Å². The molecule has 0 saturated heterocycles. The molecule has 0 heterocycles. The van der Waals surface area contributed by atoms with Crippen molar-refractivity contribution in [2.75, 3.05) is 0 Å². The van der Waals surface area contributed by atoms with Crippen LogP contribution in [0.3, 0.4) is 0 Å². The van der Waals surface area contributed by atoms with Crippen LogP contribution in [0.15, 0.2) is 12.2 Å². The predicted octanol–water partition coefficient (Wildman–Crippen LogP) is 2.03. The molecule has 2 aliphatic rings. The van der Waals surface area contributed by atoms with Crippen molar-refractivity contribution >= 4 is 5.78 Å². The van der Waals surface area contributed by atoms with Crippen LogP contribution in [-0.4, -0.2) is 5.78 Å². The monoisotopic (exact) mass is 150 g/mol. The first kappa shape index (κ1) is 7.08. The zero-order valence-electron chi connectivity index (χ0n) is 7.08. The lowest BCUT2D eigenvalue weighted by molar-refractivity contribution is -0.122. The molecule has 0 unspecified atom stereocenters. The van der Waals surface area contributed by atoms with Gasteiger partial charge in [0.1, 0.15) is 5.78 Å². The van der Waals surface area contributed by atoms with Gasteiger partial charge < -0.3 is 0 Å². The summed E-state index contributed by atoms with van der Waals surface area (Å²) in [5, 5.41) is 0. The number of carbonyl (C=O) groups is 1. The maximum atomic E-state index is 11.2. The fourth-order valence-electron chi connectivity index (χ4n) is 2.74. The number of hydrogen-bond acceptors (Lipinski definition) is 1. The lowest BCUT2D eigenvalue weighted by atomic mass is 9.82. The maximum Gasteiger partial charge on any atom is 0.133 e. The lowest BCUT2D eigenvalue weighted by Crippen LogP contribution is -2.23. The smallest absolute Gasteiger partial charge is 0.133 e. The highest BCUT2D eigenvalue weighted by Gasteiger charge is 2.43. The van der Waals surface area contributed by atoms with Crippen LogP contribution in [0.2, 0.25) is 0 Å². The van der Waals surface area contributed by atoms with Gasteiger partial charge in [0.05, 0.1) is 0 Å². The highest BCUT2D eigenvalue weighted by Crippen LogP contribution is 2.47. The molecular weight excluding hydrogens is 136 g/mol. The number of rotatable bonds is 1. The molecule has 0 aromatic carbocycles. The molecule has 11 heavy (non-hydrogen) atoms. The zero-order valence-corrected chi connectivity index (χ0v) is 7.08. The number of ketones is 1. The van der Waals surface area contributed by atoms with E-state index in [1.54, 1.807) is 6.92 Å². The van der Waals surface area contributed by atoms with E-state index in [-0.39, 0.29) is 0 Å². The molecule has 1 heteroatoms. The van der Waals surface area contributed by atoms with Gasteiger partial charge in [-0.1, -0.05) is 19.1 Å². The van der Waals surface area contributed by atoms with Crippen LogP contribution in [0.25, 0.3) is 0 Å². The van der Waals surface area contributed by atoms with Gasteiger partial charge in [0, 0.05) is 5.92 Å². The van der Waals surface area contributed by atoms with Gasteiger partial charge in [-0.15, -0.1) is 0 Å². The second kappa shape index (κ2) is 2.20. The SMILES string of the molecule is CC(=O)[C@H]1[C@@H](C)[C@H]2C=C[C@H]1C2. The van der Waals surface area contributed by atoms with Gasteiger partial charge >= 0.3 is 0 Å². The predicted molar refractivity (Wildman–Crippen MR) is 44.1 cm³/mol. The van der Waals surface area contributed by atoms with Crippen LogP contribution < -0.4 is 0 Å². The van der Waals surface area contributed by atoms with E-state index in [2.05, 4.69) is 19.1 Å². The van der Waals surface area contributed by atoms with Gasteiger partial charge in [0.25, 0.3) is 0 Å². The standard InChI is InChI=1S/C10H14O/c1-6-8-3-4-9(5-8)10(6)7(2)11/h3-4,6,8-10H,5H2,1-2H3/t6-,8-,9-,10+/m0/s1. The van der Waals surface area contributed by atoms with Crippen molar-refractivity contribution in [2.45, 2.75) is 20.3 Å². The molecule has 60 valence electrons. The third kappa shape index (κ3) is 0.867. The Hall–Kier alpha value is -0.590. The van der Waals surface area contributed by atoms with E-state index in [0.717, 1.165) is 0 Å². The molecule has 1 fully saturated rings. The quantitative estimate of drug-likeness (QED) is 0.523. The molecule has 0 aliphatic heterocycles. The first-order valence-electron chi connectivity index (χ1n) is 4.39. The summed E-state index contributed by atoms with van der Waals surface area (Å²) in [6, 6.07) is 0. The Morgan fingerprint density at radius 2 is 2.00 bits per heavy atom. The van der Waals surface area contributed by atoms with E-state index < -0.39 is 0 Å². The van der Waals surface area contributed by atoms with E-state index in [1.807, 2.05) is 0 Å². The summed E-state index contributed by atoms with van der Waals surface area (Å²) in [4.78, 5) is 11.2. The molecule has 4 atom stereocenters. The van der Waals surface area contributed by atoms with Crippen molar-refractivity contribution in [3.05, 3.63) is 12.2 Å². The first-order chi connectivity index (χ1) is 5.20. The molecule has 2 bridgehead atoms. The number of carbonyl (C=O) groups excluding carboxylic acids is 1. The molecule has 0 radical (unpaired) electrons. The third-order valence-corrected chi connectivity index (χ3v) is 3.32. The van der Waals surface area contributed by atoms with Crippen molar-refractivity contribution in [2.24, 2.45) is 23.7 Å². The minimum atomic E-state index is 0.338. The topological polar surface area (TPSA) is 17.1 Å². The number of allylic oxidation sites excluding steroid dienone is 2. The normalized spacial score (nSPS) is 46.7. The minimum Gasteiger partial charge on any atom is -0.300 e. The Morgan fingerprint density at radius 3 is 2.36 bits per heavy atom. The molecule has 0 aromatic heterocycles. The highest BCUT2D eigenvalue weighted by atomic mass is 16.1. The average Bonchev–Trinajstić information content (AvgIpc) is 2.44. The van der Waals surface area contributed by atoms with Crippen LogP contribution in [-0.2, 0) is 4.79 Å². The van der Waals surface area contributed by atoms with E-state index >= 15 is 0 Å². The van der Waals surface area contributed by atoms with Gasteiger partial charge in [0.15, 0.2) is 0 Å². The second-order valence-electron chi connectivity index (χ2n) is 3.94. The summed E-state index contributed by atoms with van der Waals surface area (Å²) >= 11 is 0. The zero-order chi connectivity index (χ0) is 8.01. The molecule has 1 nitrogen and oxygen atoms in total. The van der Waals surface area contributed by atoms with E-state index in [4.69, 9.17) is 0 Å². The molecule has 0 N–H and O–H groups in total. The Labute approximate surface area is 67.5 Å². The minimum absolute atomic E-state index is 0.338. The average molecular weight is 150 g/mol. The fourth-order valence-corrected chi connectivity index (χ4v) is 2.74. The molecule has 2 rings (SSSR count). The third-order valence-electron chi connectivity index (χ3n) is 3.32. The van der Waals surface area contributed by atoms with Gasteiger partial charge in [0.2, 0.25) is 0 Å². The molecule has 2 aliphatic carbocycles. The van der Waals surface area contributed by atoms with Crippen LogP contribution in [0.4, 0.5) is 0 Å². The first-order valence-corrected chi connectivity index (χ1v) is 4.39. The largest absolute Gasteiger partial charge is 0.300 e.